The summed E-state index contributed by atoms with van der Waals surface area (Å²) in [4.78, 5) is 30.6. The minimum absolute atomic E-state index is 0.00515. The lowest BCUT2D eigenvalue weighted by molar-refractivity contribution is -0.143. The van der Waals surface area contributed by atoms with Gasteiger partial charge in [-0.15, -0.1) is 11.8 Å². The van der Waals surface area contributed by atoms with Gasteiger partial charge >= 0.3 is 5.97 Å². The minimum atomic E-state index is -3.46. The molecule has 0 atom stereocenters. The number of hydrogen-bond acceptors (Lipinski definition) is 7. The fourth-order valence-electron chi connectivity index (χ4n) is 3.19. The second-order valence-electron chi connectivity index (χ2n) is 7.35. The van der Waals surface area contributed by atoms with Crippen LogP contribution in [0, 0.1) is 6.92 Å². The normalized spacial score (nSPS) is 12.3. The van der Waals surface area contributed by atoms with Crippen LogP contribution in [0.3, 0.4) is 0 Å². The number of hydrogen-bond donors (Lipinski definition) is 0. The lowest BCUT2D eigenvalue weighted by Gasteiger charge is -2.06. The zero-order valence-corrected chi connectivity index (χ0v) is 21.2. The SMILES string of the molecule is CCOC(=O)Cn1c(=NC(=O)CCCS(=O)(=O)c2ccc(C)cc2)sc2cc(SC)ccc21. The molecular weight excluding hydrogens is 480 g/mol. The van der Waals surface area contributed by atoms with E-state index in [1.165, 1.54) is 11.3 Å². The second-order valence-corrected chi connectivity index (χ2v) is 11.3. The fourth-order valence-corrected chi connectivity index (χ4v) is 6.11. The predicted molar refractivity (Wildman–Crippen MR) is 131 cm³/mol. The van der Waals surface area contributed by atoms with Crippen molar-refractivity contribution in [2.45, 2.75) is 43.0 Å². The lowest BCUT2D eigenvalue weighted by atomic mass is 10.2. The van der Waals surface area contributed by atoms with E-state index in [-0.39, 0.29) is 36.6 Å². The predicted octanol–water partition coefficient (Wildman–Crippen LogP) is 3.98. The number of amides is 1. The highest BCUT2D eigenvalue weighted by molar-refractivity contribution is 7.98. The zero-order chi connectivity index (χ0) is 24.0. The van der Waals surface area contributed by atoms with Gasteiger partial charge in [0.2, 0.25) is 5.91 Å². The number of aromatic nitrogens is 1. The number of nitrogens with zero attached hydrogens (tertiary/aromatic N) is 2. The molecule has 1 amide bonds. The van der Waals surface area contributed by atoms with Crippen LogP contribution in [-0.4, -0.2) is 43.5 Å². The highest BCUT2D eigenvalue weighted by Crippen LogP contribution is 2.24. The molecule has 0 N–H and O–H groups in total. The first-order valence-electron chi connectivity index (χ1n) is 10.4. The first-order valence-corrected chi connectivity index (χ1v) is 14.1. The first kappa shape index (κ1) is 25.2. The Kier molecular flexibility index (Phi) is 8.50. The molecule has 0 aliphatic carbocycles. The molecule has 0 bridgehead atoms. The molecule has 0 saturated carbocycles. The monoisotopic (exact) mass is 506 g/mol. The van der Waals surface area contributed by atoms with Crippen LogP contribution in [-0.2, 0) is 30.7 Å². The van der Waals surface area contributed by atoms with Crippen molar-refractivity contribution in [3.63, 3.8) is 0 Å². The van der Waals surface area contributed by atoms with Crippen molar-refractivity contribution in [1.82, 2.24) is 4.57 Å². The van der Waals surface area contributed by atoms with E-state index in [2.05, 4.69) is 4.99 Å². The van der Waals surface area contributed by atoms with E-state index in [0.29, 0.717) is 4.80 Å². The number of rotatable bonds is 9. The third-order valence-corrected chi connectivity index (χ3v) is 8.47. The summed E-state index contributed by atoms with van der Waals surface area (Å²) >= 11 is 2.91. The average molecular weight is 507 g/mol. The molecule has 0 saturated heterocycles. The molecule has 1 heterocycles. The van der Waals surface area contributed by atoms with Crippen LogP contribution in [0.1, 0.15) is 25.3 Å². The molecule has 1 aromatic heterocycles. The molecule has 0 spiro atoms. The summed E-state index contributed by atoms with van der Waals surface area (Å²) in [5.74, 6) is -0.975. The maximum absolute atomic E-state index is 12.6. The van der Waals surface area contributed by atoms with Crippen LogP contribution in [0.25, 0.3) is 10.2 Å². The Labute approximate surface area is 201 Å². The van der Waals surface area contributed by atoms with Crippen LogP contribution in [0.15, 0.2) is 57.2 Å². The number of thiazole rings is 1. The number of carbonyl (C=O) groups is 2. The van der Waals surface area contributed by atoms with E-state index < -0.39 is 21.7 Å². The van der Waals surface area contributed by atoms with Crippen molar-refractivity contribution in [3.05, 3.63) is 52.8 Å². The summed E-state index contributed by atoms with van der Waals surface area (Å²) in [7, 11) is -3.46. The number of thioether (sulfide) groups is 1. The van der Waals surface area contributed by atoms with Crippen LogP contribution < -0.4 is 4.80 Å². The van der Waals surface area contributed by atoms with Crippen molar-refractivity contribution in [3.8, 4) is 0 Å². The Morgan fingerprint density at radius 1 is 1.15 bits per heavy atom. The smallest absolute Gasteiger partial charge is 0.326 e. The molecule has 0 aliphatic heterocycles. The van der Waals surface area contributed by atoms with Crippen LogP contribution in [0.4, 0.5) is 0 Å². The average Bonchev–Trinajstić information content (AvgIpc) is 3.09. The van der Waals surface area contributed by atoms with E-state index in [0.717, 1.165) is 20.7 Å². The standard InChI is InChI=1S/C23H26N2O5S3/c1-4-30-22(27)15-25-19-12-9-17(31-3)14-20(19)32-23(25)24-21(26)6-5-13-33(28,29)18-10-7-16(2)8-11-18/h7-12,14H,4-6,13,15H2,1-3H3. The molecule has 0 aliphatic rings. The maximum Gasteiger partial charge on any atom is 0.326 e. The number of sulfone groups is 1. The van der Waals surface area contributed by atoms with Crippen LogP contribution >= 0.6 is 23.1 Å². The molecule has 3 aromatic rings. The molecule has 10 heteroatoms. The number of ether oxygens (including phenoxy) is 1. The molecule has 33 heavy (non-hydrogen) atoms. The number of fused-ring (bicyclic) bond motifs is 1. The number of benzene rings is 2. The molecule has 0 fully saturated rings. The highest BCUT2D eigenvalue weighted by atomic mass is 32.2. The van der Waals surface area contributed by atoms with E-state index >= 15 is 0 Å². The van der Waals surface area contributed by atoms with Gasteiger partial charge in [-0.3, -0.25) is 9.59 Å². The van der Waals surface area contributed by atoms with Gasteiger partial charge in [0, 0.05) is 11.3 Å². The first-order chi connectivity index (χ1) is 15.7. The zero-order valence-electron chi connectivity index (χ0n) is 18.7. The molecule has 7 nitrogen and oxygen atoms in total. The summed E-state index contributed by atoms with van der Waals surface area (Å²) in [5.41, 5.74) is 1.77. The number of carbonyl (C=O) groups excluding carboxylic acids is 2. The quantitative estimate of drug-likeness (QED) is 0.322. The third-order valence-electron chi connectivity index (χ3n) is 4.89. The Balaban J connectivity index is 1.79. The van der Waals surface area contributed by atoms with E-state index in [1.54, 1.807) is 47.5 Å². The number of aryl methyl sites for hydroxylation is 1. The third kappa shape index (κ3) is 6.55. The van der Waals surface area contributed by atoms with Gasteiger partial charge in [-0.2, -0.15) is 4.99 Å². The van der Waals surface area contributed by atoms with E-state index in [1.807, 2.05) is 31.4 Å². The fraction of sp³-hybridized carbons (Fsp3) is 0.348. The Hall–Kier alpha value is -2.43. The molecule has 2 aromatic carbocycles. The van der Waals surface area contributed by atoms with Crippen LogP contribution in [0.5, 0.6) is 0 Å². The van der Waals surface area contributed by atoms with Gasteiger partial charge in [-0.1, -0.05) is 29.0 Å². The Bertz CT molecular complexity index is 1320. The molecule has 176 valence electrons. The van der Waals surface area contributed by atoms with Crippen molar-refractivity contribution in [2.24, 2.45) is 4.99 Å². The Morgan fingerprint density at radius 2 is 1.88 bits per heavy atom. The minimum Gasteiger partial charge on any atom is -0.465 e. The van der Waals surface area contributed by atoms with Gasteiger partial charge in [0.1, 0.15) is 6.54 Å². The van der Waals surface area contributed by atoms with Gasteiger partial charge in [0.05, 0.1) is 27.5 Å². The van der Waals surface area contributed by atoms with Crippen molar-refractivity contribution < 1.29 is 22.7 Å². The molecular formula is C23H26N2O5S3. The molecule has 0 unspecified atom stereocenters. The van der Waals surface area contributed by atoms with Crippen molar-refractivity contribution in [2.75, 3.05) is 18.6 Å². The number of esters is 1. The van der Waals surface area contributed by atoms with E-state index in [4.69, 9.17) is 4.74 Å². The largest absolute Gasteiger partial charge is 0.465 e. The summed E-state index contributed by atoms with van der Waals surface area (Å²) < 4.78 is 32.6. The van der Waals surface area contributed by atoms with Crippen molar-refractivity contribution in [1.29, 1.82) is 0 Å². The maximum atomic E-state index is 12.6. The van der Waals surface area contributed by atoms with E-state index in [9.17, 15) is 18.0 Å². The van der Waals surface area contributed by atoms with Crippen molar-refractivity contribution >= 4 is 55.0 Å². The van der Waals surface area contributed by atoms with Crippen LogP contribution in [0.2, 0.25) is 0 Å². The molecule has 3 rings (SSSR count). The highest BCUT2D eigenvalue weighted by Gasteiger charge is 2.16. The summed E-state index contributed by atoms with van der Waals surface area (Å²) in [6.45, 7) is 3.83. The molecule has 0 radical (unpaired) electrons. The summed E-state index contributed by atoms with van der Waals surface area (Å²) in [6.07, 6.45) is 2.13. The Morgan fingerprint density at radius 3 is 2.55 bits per heavy atom. The summed E-state index contributed by atoms with van der Waals surface area (Å²) in [5, 5.41) is 0. The van der Waals surface area contributed by atoms with Gasteiger partial charge in [-0.05, 0) is 56.9 Å². The summed E-state index contributed by atoms with van der Waals surface area (Å²) in [6, 6.07) is 12.5. The topological polar surface area (TPSA) is 94.8 Å². The second kappa shape index (κ2) is 11.1. The van der Waals surface area contributed by atoms with Gasteiger partial charge in [0.15, 0.2) is 14.6 Å². The van der Waals surface area contributed by atoms with Gasteiger partial charge in [-0.25, -0.2) is 8.42 Å². The lowest BCUT2D eigenvalue weighted by Crippen LogP contribution is -2.23. The van der Waals surface area contributed by atoms with Gasteiger partial charge < -0.3 is 9.30 Å². The van der Waals surface area contributed by atoms with Gasteiger partial charge in [0.25, 0.3) is 0 Å².